The van der Waals surface area contributed by atoms with Gasteiger partial charge in [0.2, 0.25) is 0 Å². The number of furan rings is 1. The minimum atomic E-state index is 0.215. The highest BCUT2D eigenvalue weighted by molar-refractivity contribution is 6.29. The zero-order valence-corrected chi connectivity index (χ0v) is 11.2. The maximum atomic E-state index is 5.95. The summed E-state index contributed by atoms with van der Waals surface area (Å²) in [6, 6.07) is 5.80. The molecule has 0 radical (unpaired) electrons. The average Bonchev–Trinajstić information content (AvgIpc) is 2.80. The van der Waals surface area contributed by atoms with E-state index in [0.29, 0.717) is 5.15 Å². The lowest BCUT2D eigenvalue weighted by molar-refractivity contribution is 0.497. The SMILES string of the molecule is CCc1nc(Cl)cc(NC(C)Cc2ccco2)n1. The molecule has 2 heterocycles. The Bertz CT molecular complexity index is 499. The van der Waals surface area contributed by atoms with E-state index >= 15 is 0 Å². The Morgan fingerprint density at radius 1 is 1.44 bits per heavy atom. The summed E-state index contributed by atoms with van der Waals surface area (Å²) in [5, 5.41) is 3.77. The molecule has 18 heavy (non-hydrogen) atoms. The van der Waals surface area contributed by atoms with Crippen LogP contribution in [0.4, 0.5) is 5.82 Å². The summed E-state index contributed by atoms with van der Waals surface area (Å²) in [6.45, 7) is 4.08. The number of aryl methyl sites for hydroxylation is 1. The molecule has 0 saturated carbocycles. The Hall–Kier alpha value is -1.55. The van der Waals surface area contributed by atoms with Crippen LogP contribution < -0.4 is 5.32 Å². The third kappa shape index (κ3) is 3.47. The smallest absolute Gasteiger partial charge is 0.134 e. The van der Waals surface area contributed by atoms with E-state index in [4.69, 9.17) is 16.0 Å². The van der Waals surface area contributed by atoms with Gasteiger partial charge in [-0.2, -0.15) is 0 Å². The van der Waals surface area contributed by atoms with Gasteiger partial charge in [-0.15, -0.1) is 0 Å². The Labute approximate surface area is 111 Å². The van der Waals surface area contributed by atoms with Gasteiger partial charge >= 0.3 is 0 Å². The van der Waals surface area contributed by atoms with Crippen molar-refractivity contribution in [2.75, 3.05) is 5.32 Å². The fourth-order valence-corrected chi connectivity index (χ4v) is 1.93. The number of hydrogen-bond acceptors (Lipinski definition) is 4. The van der Waals surface area contributed by atoms with E-state index < -0.39 is 0 Å². The fraction of sp³-hybridized carbons (Fsp3) is 0.385. The number of rotatable bonds is 5. The standard InChI is InChI=1S/C13H16ClN3O/c1-3-12-16-11(14)8-13(17-12)15-9(2)7-10-5-4-6-18-10/h4-6,8-9H,3,7H2,1-2H3,(H,15,16,17). The largest absolute Gasteiger partial charge is 0.469 e. The number of nitrogens with one attached hydrogen (secondary N) is 1. The second-order valence-corrected chi connectivity index (χ2v) is 4.56. The summed E-state index contributed by atoms with van der Waals surface area (Å²) in [6.07, 6.45) is 3.25. The highest BCUT2D eigenvalue weighted by Crippen LogP contribution is 2.14. The Morgan fingerprint density at radius 3 is 2.94 bits per heavy atom. The molecule has 0 aliphatic carbocycles. The second-order valence-electron chi connectivity index (χ2n) is 4.17. The molecule has 2 aromatic heterocycles. The number of halogens is 1. The Morgan fingerprint density at radius 2 is 2.28 bits per heavy atom. The predicted molar refractivity (Wildman–Crippen MR) is 71.9 cm³/mol. The van der Waals surface area contributed by atoms with Gasteiger partial charge in [-0.3, -0.25) is 0 Å². The fourth-order valence-electron chi connectivity index (χ4n) is 1.73. The van der Waals surface area contributed by atoms with Gasteiger partial charge in [0.1, 0.15) is 22.6 Å². The maximum Gasteiger partial charge on any atom is 0.134 e. The molecule has 0 bridgehead atoms. The minimum Gasteiger partial charge on any atom is -0.469 e. The van der Waals surface area contributed by atoms with Crippen molar-refractivity contribution in [3.8, 4) is 0 Å². The molecule has 0 spiro atoms. The van der Waals surface area contributed by atoms with E-state index in [9.17, 15) is 0 Å². The normalized spacial score (nSPS) is 12.4. The lowest BCUT2D eigenvalue weighted by Gasteiger charge is -2.13. The van der Waals surface area contributed by atoms with Crippen molar-refractivity contribution in [1.82, 2.24) is 9.97 Å². The molecule has 0 aliphatic heterocycles. The van der Waals surface area contributed by atoms with E-state index in [2.05, 4.69) is 22.2 Å². The summed E-state index contributed by atoms with van der Waals surface area (Å²) < 4.78 is 5.31. The van der Waals surface area contributed by atoms with Crippen molar-refractivity contribution in [2.45, 2.75) is 32.7 Å². The number of hydrogen-bond donors (Lipinski definition) is 1. The van der Waals surface area contributed by atoms with Crippen LogP contribution in [0.2, 0.25) is 5.15 Å². The summed E-state index contributed by atoms with van der Waals surface area (Å²) in [7, 11) is 0. The molecule has 1 unspecified atom stereocenters. The van der Waals surface area contributed by atoms with Crippen molar-refractivity contribution in [2.24, 2.45) is 0 Å². The molecule has 2 aromatic rings. The first kappa shape index (κ1) is 12.9. The Kier molecular flexibility index (Phi) is 4.20. The molecule has 0 aromatic carbocycles. The van der Waals surface area contributed by atoms with Crippen LogP contribution >= 0.6 is 11.6 Å². The molecule has 0 saturated heterocycles. The molecule has 96 valence electrons. The van der Waals surface area contributed by atoms with Gasteiger partial charge in [0.25, 0.3) is 0 Å². The first-order chi connectivity index (χ1) is 8.67. The van der Waals surface area contributed by atoms with Crippen molar-refractivity contribution < 1.29 is 4.42 Å². The molecule has 0 fully saturated rings. The monoisotopic (exact) mass is 265 g/mol. The highest BCUT2D eigenvalue weighted by atomic mass is 35.5. The molecule has 5 heteroatoms. The number of nitrogens with zero attached hydrogens (tertiary/aromatic N) is 2. The van der Waals surface area contributed by atoms with Crippen LogP contribution in [0.25, 0.3) is 0 Å². The number of aromatic nitrogens is 2. The van der Waals surface area contributed by atoms with E-state index in [-0.39, 0.29) is 6.04 Å². The molecule has 1 atom stereocenters. The van der Waals surface area contributed by atoms with E-state index in [1.807, 2.05) is 19.1 Å². The molecular formula is C13H16ClN3O. The van der Waals surface area contributed by atoms with Crippen LogP contribution in [-0.4, -0.2) is 16.0 Å². The molecule has 0 aliphatic rings. The van der Waals surface area contributed by atoms with Crippen molar-refractivity contribution in [3.63, 3.8) is 0 Å². The van der Waals surface area contributed by atoms with Gasteiger partial charge < -0.3 is 9.73 Å². The van der Waals surface area contributed by atoms with E-state index in [1.54, 1.807) is 12.3 Å². The first-order valence-electron chi connectivity index (χ1n) is 5.99. The highest BCUT2D eigenvalue weighted by Gasteiger charge is 2.08. The maximum absolute atomic E-state index is 5.95. The molecule has 4 nitrogen and oxygen atoms in total. The Balaban J connectivity index is 2.02. The van der Waals surface area contributed by atoms with Gasteiger partial charge in [0.15, 0.2) is 0 Å². The summed E-state index contributed by atoms with van der Waals surface area (Å²) in [5.41, 5.74) is 0. The van der Waals surface area contributed by atoms with Crippen LogP contribution in [0.15, 0.2) is 28.9 Å². The zero-order valence-electron chi connectivity index (χ0n) is 10.5. The molecule has 2 rings (SSSR count). The molecule has 1 N–H and O–H groups in total. The summed E-state index contributed by atoms with van der Waals surface area (Å²) in [5.74, 6) is 2.45. The minimum absolute atomic E-state index is 0.215. The van der Waals surface area contributed by atoms with E-state index in [0.717, 1.165) is 30.2 Å². The van der Waals surface area contributed by atoms with Crippen LogP contribution in [0, 0.1) is 0 Å². The topological polar surface area (TPSA) is 51.0 Å². The zero-order chi connectivity index (χ0) is 13.0. The van der Waals surface area contributed by atoms with Crippen LogP contribution in [-0.2, 0) is 12.8 Å². The van der Waals surface area contributed by atoms with Gasteiger partial charge in [0.05, 0.1) is 6.26 Å². The van der Waals surface area contributed by atoms with Crippen LogP contribution in [0.3, 0.4) is 0 Å². The average molecular weight is 266 g/mol. The van der Waals surface area contributed by atoms with Crippen LogP contribution in [0.1, 0.15) is 25.4 Å². The van der Waals surface area contributed by atoms with Crippen molar-refractivity contribution >= 4 is 17.4 Å². The lowest BCUT2D eigenvalue weighted by Crippen LogP contribution is -2.19. The van der Waals surface area contributed by atoms with Crippen molar-refractivity contribution in [1.29, 1.82) is 0 Å². The summed E-state index contributed by atoms with van der Waals surface area (Å²) in [4.78, 5) is 8.52. The first-order valence-corrected chi connectivity index (χ1v) is 6.37. The quantitative estimate of drug-likeness (QED) is 0.843. The number of anilines is 1. The van der Waals surface area contributed by atoms with Gasteiger partial charge in [-0.25, -0.2) is 9.97 Å². The predicted octanol–water partition coefficient (Wildman–Crippen LogP) is 3.33. The van der Waals surface area contributed by atoms with Gasteiger partial charge in [-0.05, 0) is 19.1 Å². The molecule has 0 amide bonds. The molecular weight excluding hydrogens is 250 g/mol. The third-order valence-electron chi connectivity index (χ3n) is 2.54. The van der Waals surface area contributed by atoms with Crippen molar-refractivity contribution in [3.05, 3.63) is 41.2 Å². The lowest BCUT2D eigenvalue weighted by atomic mass is 10.2. The van der Waals surface area contributed by atoms with Gasteiger partial charge in [-0.1, -0.05) is 18.5 Å². The summed E-state index contributed by atoms with van der Waals surface area (Å²) >= 11 is 5.95. The van der Waals surface area contributed by atoms with E-state index in [1.165, 1.54) is 0 Å². The second kappa shape index (κ2) is 5.87. The van der Waals surface area contributed by atoms with Crippen LogP contribution in [0.5, 0.6) is 0 Å². The third-order valence-corrected chi connectivity index (χ3v) is 2.73. The van der Waals surface area contributed by atoms with Gasteiger partial charge in [0, 0.05) is 24.9 Å².